The van der Waals surface area contributed by atoms with Crippen molar-refractivity contribution in [3.8, 4) is 0 Å². The normalized spacial score (nSPS) is 19.8. The van der Waals surface area contributed by atoms with Gasteiger partial charge in [0, 0.05) is 12.2 Å². The molecule has 0 fully saturated rings. The number of hydrogen-bond donors (Lipinski definition) is 3. The number of para-hydroxylation sites is 1. The largest absolute Gasteiger partial charge is 0.480 e. The van der Waals surface area contributed by atoms with Crippen LogP contribution >= 0.6 is 0 Å². The van der Waals surface area contributed by atoms with Crippen LogP contribution in [0.4, 0.5) is 5.69 Å². The summed E-state index contributed by atoms with van der Waals surface area (Å²) < 4.78 is 0. The van der Waals surface area contributed by atoms with Crippen molar-refractivity contribution in [1.82, 2.24) is 5.32 Å². The van der Waals surface area contributed by atoms with Gasteiger partial charge < -0.3 is 15.7 Å². The van der Waals surface area contributed by atoms with Crippen LogP contribution in [0.15, 0.2) is 24.3 Å². The van der Waals surface area contributed by atoms with Gasteiger partial charge in [0.05, 0.1) is 5.92 Å². The van der Waals surface area contributed by atoms with Crippen molar-refractivity contribution in [2.24, 2.45) is 11.8 Å². The molecular formula is C16H22N2O3. The highest BCUT2D eigenvalue weighted by Crippen LogP contribution is 2.24. The van der Waals surface area contributed by atoms with E-state index in [1.165, 1.54) is 0 Å². The lowest BCUT2D eigenvalue weighted by Gasteiger charge is -2.28. The van der Waals surface area contributed by atoms with Crippen LogP contribution in [0.25, 0.3) is 0 Å². The molecule has 0 spiro atoms. The van der Waals surface area contributed by atoms with Gasteiger partial charge in [-0.15, -0.1) is 0 Å². The number of benzene rings is 1. The standard InChI is InChI=1S/C16H22N2O3/c1-3-10(2)14(16(20)21)18-15(19)12-8-11-6-4-5-7-13(11)17-9-12/h4-7,10,12,14,17H,3,8-9H2,1-2H3,(H,18,19)(H,20,21)/t10?,12?,14-/m0/s1. The Bertz CT molecular complexity index is 530. The van der Waals surface area contributed by atoms with Crippen molar-refractivity contribution in [3.63, 3.8) is 0 Å². The van der Waals surface area contributed by atoms with Crippen molar-refractivity contribution < 1.29 is 14.7 Å². The van der Waals surface area contributed by atoms with Crippen LogP contribution in [0.5, 0.6) is 0 Å². The first-order chi connectivity index (χ1) is 10.0. The number of carboxylic acids is 1. The summed E-state index contributed by atoms with van der Waals surface area (Å²) in [7, 11) is 0. The van der Waals surface area contributed by atoms with E-state index < -0.39 is 12.0 Å². The van der Waals surface area contributed by atoms with Crippen molar-refractivity contribution in [1.29, 1.82) is 0 Å². The lowest BCUT2D eigenvalue weighted by molar-refractivity contribution is -0.144. The molecule has 0 aromatic heterocycles. The molecule has 0 bridgehead atoms. The average molecular weight is 290 g/mol. The molecule has 3 N–H and O–H groups in total. The Morgan fingerprint density at radius 2 is 2.14 bits per heavy atom. The van der Waals surface area contributed by atoms with Crippen LogP contribution in [-0.4, -0.2) is 29.6 Å². The van der Waals surface area contributed by atoms with E-state index in [2.05, 4.69) is 10.6 Å². The van der Waals surface area contributed by atoms with Crippen molar-refractivity contribution >= 4 is 17.6 Å². The van der Waals surface area contributed by atoms with E-state index in [-0.39, 0.29) is 17.7 Å². The number of carboxylic acid groups (broad SMARTS) is 1. The number of amides is 1. The molecule has 2 rings (SSSR count). The maximum atomic E-state index is 12.3. The lowest BCUT2D eigenvalue weighted by atomic mass is 9.92. The summed E-state index contributed by atoms with van der Waals surface area (Å²) in [4.78, 5) is 23.6. The molecule has 21 heavy (non-hydrogen) atoms. The number of carbonyl (C=O) groups excluding carboxylic acids is 1. The maximum Gasteiger partial charge on any atom is 0.326 e. The number of aliphatic carboxylic acids is 1. The molecule has 1 amide bonds. The molecule has 5 nitrogen and oxygen atoms in total. The molecular weight excluding hydrogens is 268 g/mol. The van der Waals surface area contributed by atoms with E-state index >= 15 is 0 Å². The van der Waals surface area contributed by atoms with Crippen LogP contribution in [0.2, 0.25) is 0 Å². The summed E-state index contributed by atoms with van der Waals surface area (Å²) in [6, 6.07) is 7.06. The summed E-state index contributed by atoms with van der Waals surface area (Å²) in [5.41, 5.74) is 2.15. The predicted molar refractivity (Wildman–Crippen MR) is 81.1 cm³/mol. The van der Waals surface area contributed by atoms with Gasteiger partial charge in [-0.1, -0.05) is 38.5 Å². The Morgan fingerprint density at radius 3 is 2.81 bits per heavy atom. The Kier molecular flexibility index (Phi) is 4.83. The molecule has 1 heterocycles. The highest BCUT2D eigenvalue weighted by Gasteiger charge is 2.30. The molecule has 0 aliphatic carbocycles. The molecule has 0 saturated heterocycles. The third-order valence-corrected chi connectivity index (χ3v) is 4.17. The Balaban J connectivity index is 2.03. The van der Waals surface area contributed by atoms with Crippen LogP contribution in [-0.2, 0) is 16.0 Å². The van der Waals surface area contributed by atoms with Gasteiger partial charge >= 0.3 is 5.97 Å². The number of nitrogens with one attached hydrogen (secondary N) is 2. The minimum atomic E-state index is -0.970. The van der Waals surface area contributed by atoms with Gasteiger partial charge in [-0.05, 0) is 24.0 Å². The van der Waals surface area contributed by atoms with Crippen LogP contribution < -0.4 is 10.6 Å². The quantitative estimate of drug-likeness (QED) is 0.774. The zero-order valence-electron chi connectivity index (χ0n) is 12.4. The number of carbonyl (C=O) groups is 2. The topological polar surface area (TPSA) is 78.4 Å². The van der Waals surface area contributed by atoms with Gasteiger partial charge in [0.1, 0.15) is 6.04 Å². The molecule has 1 aliphatic rings. The number of anilines is 1. The summed E-state index contributed by atoms with van der Waals surface area (Å²) in [6.07, 6.45) is 1.35. The summed E-state index contributed by atoms with van der Waals surface area (Å²) in [5, 5.41) is 15.2. The maximum absolute atomic E-state index is 12.3. The van der Waals surface area contributed by atoms with E-state index in [0.29, 0.717) is 19.4 Å². The van der Waals surface area contributed by atoms with Crippen molar-refractivity contribution in [2.75, 3.05) is 11.9 Å². The van der Waals surface area contributed by atoms with E-state index in [1.807, 2.05) is 38.1 Å². The van der Waals surface area contributed by atoms with Gasteiger partial charge in [-0.25, -0.2) is 4.79 Å². The fourth-order valence-corrected chi connectivity index (χ4v) is 2.58. The van der Waals surface area contributed by atoms with Gasteiger partial charge in [-0.3, -0.25) is 4.79 Å². The first-order valence-corrected chi connectivity index (χ1v) is 7.37. The number of hydrogen-bond acceptors (Lipinski definition) is 3. The first kappa shape index (κ1) is 15.4. The first-order valence-electron chi connectivity index (χ1n) is 7.37. The molecule has 1 aromatic carbocycles. The summed E-state index contributed by atoms with van der Waals surface area (Å²) in [5.74, 6) is -1.48. The Morgan fingerprint density at radius 1 is 1.43 bits per heavy atom. The Labute approximate surface area is 124 Å². The second kappa shape index (κ2) is 6.61. The fraction of sp³-hybridized carbons (Fsp3) is 0.500. The van der Waals surface area contributed by atoms with Gasteiger partial charge in [0.2, 0.25) is 5.91 Å². The monoisotopic (exact) mass is 290 g/mol. The summed E-state index contributed by atoms with van der Waals surface area (Å²) in [6.45, 7) is 4.30. The molecule has 114 valence electrons. The third-order valence-electron chi connectivity index (χ3n) is 4.17. The second-order valence-electron chi connectivity index (χ2n) is 5.65. The predicted octanol–water partition coefficient (Wildman–Crippen LogP) is 1.89. The summed E-state index contributed by atoms with van der Waals surface area (Å²) >= 11 is 0. The van der Waals surface area contributed by atoms with Gasteiger partial charge in [0.25, 0.3) is 0 Å². The minimum absolute atomic E-state index is 0.0877. The number of rotatable bonds is 5. The van der Waals surface area contributed by atoms with Crippen LogP contribution in [0.1, 0.15) is 25.8 Å². The average Bonchev–Trinajstić information content (AvgIpc) is 2.50. The second-order valence-corrected chi connectivity index (χ2v) is 5.65. The van der Waals surface area contributed by atoms with E-state index in [4.69, 9.17) is 0 Å². The molecule has 2 unspecified atom stereocenters. The molecule has 5 heteroatoms. The molecule has 0 saturated carbocycles. The van der Waals surface area contributed by atoms with Crippen LogP contribution in [0.3, 0.4) is 0 Å². The SMILES string of the molecule is CCC(C)[C@H](NC(=O)C1CNc2ccccc2C1)C(=O)O. The zero-order chi connectivity index (χ0) is 15.4. The van der Waals surface area contributed by atoms with Gasteiger partial charge in [0.15, 0.2) is 0 Å². The van der Waals surface area contributed by atoms with E-state index in [1.54, 1.807) is 0 Å². The lowest BCUT2D eigenvalue weighted by Crippen LogP contribution is -2.49. The molecule has 1 aliphatic heterocycles. The van der Waals surface area contributed by atoms with Crippen LogP contribution in [0, 0.1) is 11.8 Å². The molecule has 1 aromatic rings. The smallest absolute Gasteiger partial charge is 0.326 e. The van der Waals surface area contributed by atoms with Crippen molar-refractivity contribution in [3.05, 3.63) is 29.8 Å². The van der Waals surface area contributed by atoms with Gasteiger partial charge in [-0.2, -0.15) is 0 Å². The third kappa shape index (κ3) is 3.54. The molecule has 0 radical (unpaired) electrons. The zero-order valence-corrected chi connectivity index (χ0v) is 12.4. The number of fused-ring (bicyclic) bond motifs is 1. The Hall–Kier alpha value is -2.04. The van der Waals surface area contributed by atoms with Crippen molar-refractivity contribution in [2.45, 2.75) is 32.7 Å². The minimum Gasteiger partial charge on any atom is -0.480 e. The fourth-order valence-electron chi connectivity index (χ4n) is 2.58. The van der Waals surface area contributed by atoms with E-state index in [9.17, 15) is 14.7 Å². The highest BCUT2D eigenvalue weighted by molar-refractivity contribution is 5.86. The van der Waals surface area contributed by atoms with E-state index in [0.717, 1.165) is 11.3 Å². The highest BCUT2D eigenvalue weighted by atomic mass is 16.4. The molecule has 3 atom stereocenters.